The summed E-state index contributed by atoms with van der Waals surface area (Å²) in [5.41, 5.74) is 0. The molecule has 0 aromatic carbocycles. The molecular formula is C12H21Cl2N3O2S. The monoisotopic (exact) mass is 341 g/mol. The molecule has 1 atom stereocenters. The van der Waals surface area contributed by atoms with Crippen LogP contribution in [0.15, 0.2) is 6.20 Å². The molecule has 20 heavy (non-hydrogen) atoms. The lowest BCUT2D eigenvalue weighted by molar-refractivity contribution is -0.125. The molecule has 1 aliphatic heterocycles. The molecule has 2 heterocycles. The Hall–Kier alpha value is -0.400. The van der Waals surface area contributed by atoms with Crippen LogP contribution in [0.4, 0.5) is 0 Å². The van der Waals surface area contributed by atoms with Gasteiger partial charge in [0.05, 0.1) is 18.2 Å². The Morgan fingerprint density at radius 2 is 2.40 bits per heavy atom. The molecule has 8 heteroatoms. The molecule has 2 rings (SSSR count). The number of morpholine rings is 1. The summed E-state index contributed by atoms with van der Waals surface area (Å²) < 4.78 is 5.25. The highest BCUT2D eigenvalue weighted by molar-refractivity contribution is 7.11. The smallest absolute Gasteiger partial charge is 0.239 e. The van der Waals surface area contributed by atoms with Gasteiger partial charge in [0.2, 0.25) is 5.91 Å². The van der Waals surface area contributed by atoms with Crippen molar-refractivity contribution in [2.75, 3.05) is 26.3 Å². The standard InChI is InChI=1S/C12H19N3O2S.2ClH/c1-2-9-7-15-11(18-9)3-4-14-12(16)10-8-17-6-5-13-10;;/h7,10,13H,2-6,8H2,1H3,(H,14,16);2*1H. The van der Waals surface area contributed by atoms with Crippen LogP contribution in [0.25, 0.3) is 0 Å². The molecule has 5 nitrogen and oxygen atoms in total. The number of nitrogens with one attached hydrogen (secondary N) is 2. The SMILES string of the molecule is CCc1cnc(CCNC(=O)C2COCCN2)s1.Cl.Cl. The van der Waals surface area contributed by atoms with Crippen LogP contribution < -0.4 is 10.6 Å². The minimum Gasteiger partial charge on any atom is -0.378 e. The number of aromatic nitrogens is 1. The van der Waals surface area contributed by atoms with Crippen LogP contribution in [0.3, 0.4) is 0 Å². The maximum Gasteiger partial charge on any atom is 0.239 e. The molecular weight excluding hydrogens is 321 g/mol. The molecule has 1 fully saturated rings. The van der Waals surface area contributed by atoms with Crippen molar-refractivity contribution in [1.29, 1.82) is 0 Å². The number of nitrogens with zero attached hydrogens (tertiary/aromatic N) is 1. The van der Waals surface area contributed by atoms with E-state index in [0.29, 0.717) is 19.8 Å². The van der Waals surface area contributed by atoms with Gasteiger partial charge in [-0.15, -0.1) is 36.2 Å². The summed E-state index contributed by atoms with van der Waals surface area (Å²) in [6.07, 6.45) is 3.73. The maximum absolute atomic E-state index is 11.8. The number of ether oxygens (including phenoxy) is 1. The van der Waals surface area contributed by atoms with E-state index in [9.17, 15) is 4.79 Å². The van der Waals surface area contributed by atoms with Gasteiger partial charge in [-0.1, -0.05) is 6.92 Å². The first-order valence-corrected chi connectivity index (χ1v) is 7.13. The Labute approximate surface area is 135 Å². The number of carbonyl (C=O) groups is 1. The number of halogens is 2. The molecule has 0 saturated carbocycles. The zero-order valence-electron chi connectivity index (χ0n) is 11.4. The van der Waals surface area contributed by atoms with Crippen molar-refractivity contribution in [2.45, 2.75) is 25.8 Å². The number of thiazole rings is 1. The minimum atomic E-state index is -0.207. The highest BCUT2D eigenvalue weighted by Crippen LogP contribution is 2.13. The van der Waals surface area contributed by atoms with E-state index in [-0.39, 0.29) is 36.8 Å². The molecule has 1 unspecified atom stereocenters. The van der Waals surface area contributed by atoms with Gasteiger partial charge in [-0.05, 0) is 6.42 Å². The van der Waals surface area contributed by atoms with Crippen molar-refractivity contribution in [3.63, 3.8) is 0 Å². The van der Waals surface area contributed by atoms with Crippen molar-refractivity contribution >= 4 is 42.1 Å². The summed E-state index contributed by atoms with van der Waals surface area (Å²) in [7, 11) is 0. The summed E-state index contributed by atoms with van der Waals surface area (Å²) >= 11 is 1.72. The van der Waals surface area contributed by atoms with Gasteiger partial charge in [0, 0.05) is 30.6 Å². The second kappa shape index (κ2) is 10.3. The molecule has 0 aliphatic carbocycles. The lowest BCUT2D eigenvalue weighted by atomic mass is 10.2. The van der Waals surface area contributed by atoms with Gasteiger partial charge in [0.1, 0.15) is 6.04 Å². The summed E-state index contributed by atoms with van der Waals surface area (Å²) in [5, 5.41) is 7.13. The molecule has 0 radical (unpaired) electrons. The average Bonchev–Trinajstić information content (AvgIpc) is 2.87. The van der Waals surface area contributed by atoms with E-state index in [2.05, 4.69) is 22.5 Å². The van der Waals surface area contributed by atoms with Crippen LogP contribution in [0.2, 0.25) is 0 Å². The van der Waals surface area contributed by atoms with E-state index in [1.54, 1.807) is 11.3 Å². The molecule has 0 spiro atoms. The summed E-state index contributed by atoms with van der Waals surface area (Å²) in [5.74, 6) is 0.0157. The van der Waals surface area contributed by atoms with Gasteiger partial charge in [-0.3, -0.25) is 4.79 Å². The Kier molecular flexibility index (Phi) is 10.1. The highest BCUT2D eigenvalue weighted by atomic mass is 35.5. The van der Waals surface area contributed by atoms with Crippen molar-refractivity contribution in [1.82, 2.24) is 15.6 Å². The first-order chi connectivity index (χ1) is 8.79. The van der Waals surface area contributed by atoms with E-state index >= 15 is 0 Å². The van der Waals surface area contributed by atoms with Crippen molar-refractivity contribution in [3.05, 3.63) is 16.1 Å². The second-order valence-corrected chi connectivity index (χ2v) is 5.40. The zero-order chi connectivity index (χ0) is 12.8. The average molecular weight is 342 g/mol. The number of carbonyl (C=O) groups excluding carboxylic acids is 1. The topological polar surface area (TPSA) is 63.2 Å². The van der Waals surface area contributed by atoms with Crippen molar-refractivity contribution < 1.29 is 9.53 Å². The Morgan fingerprint density at radius 3 is 3.00 bits per heavy atom. The number of rotatable bonds is 5. The number of amides is 1. The molecule has 2 N–H and O–H groups in total. The highest BCUT2D eigenvalue weighted by Gasteiger charge is 2.20. The first-order valence-electron chi connectivity index (χ1n) is 6.32. The van der Waals surface area contributed by atoms with E-state index in [4.69, 9.17) is 4.74 Å². The van der Waals surface area contributed by atoms with Crippen LogP contribution in [0, 0.1) is 0 Å². The van der Waals surface area contributed by atoms with E-state index in [1.165, 1.54) is 4.88 Å². The predicted octanol–water partition coefficient (Wildman–Crippen LogP) is 1.20. The third kappa shape index (κ3) is 5.93. The van der Waals surface area contributed by atoms with Gasteiger partial charge >= 0.3 is 0 Å². The summed E-state index contributed by atoms with van der Waals surface area (Å²) in [6.45, 7) is 4.64. The van der Waals surface area contributed by atoms with Crippen LogP contribution >= 0.6 is 36.2 Å². The lowest BCUT2D eigenvalue weighted by Gasteiger charge is -2.22. The van der Waals surface area contributed by atoms with Gasteiger partial charge in [-0.2, -0.15) is 0 Å². The Morgan fingerprint density at radius 1 is 1.60 bits per heavy atom. The van der Waals surface area contributed by atoms with Gasteiger partial charge in [-0.25, -0.2) is 4.98 Å². The molecule has 1 amide bonds. The molecule has 116 valence electrons. The molecule has 0 bridgehead atoms. The molecule has 1 aliphatic rings. The van der Waals surface area contributed by atoms with Crippen molar-refractivity contribution in [3.8, 4) is 0 Å². The Bertz CT molecular complexity index is 398. The number of hydrogen-bond acceptors (Lipinski definition) is 5. The second-order valence-electron chi connectivity index (χ2n) is 4.20. The van der Waals surface area contributed by atoms with Crippen molar-refractivity contribution in [2.24, 2.45) is 0 Å². The third-order valence-corrected chi connectivity index (χ3v) is 4.03. The van der Waals surface area contributed by atoms with E-state index in [1.807, 2.05) is 6.20 Å². The normalized spacial score (nSPS) is 17.8. The number of hydrogen-bond donors (Lipinski definition) is 2. The lowest BCUT2D eigenvalue weighted by Crippen LogP contribution is -2.51. The van der Waals surface area contributed by atoms with E-state index in [0.717, 1.165) is 24.4 Å². The van der Waals surface area contributed by atoms with Crippen LogP contribution in [0.1, 0.15) is 16.8 Å². The first kappa shape index (κ1) is 19.6. The van der Waals surface area contributed by atoms with Crippen LogP contribution in [-0.2, 0) is 22.4 Å². The predicted molar refractivity (Wildman–Crippen MR) is 85.3 cm³/mol. The Balaban J connectivity index is 0.00000180. The summed E-state index contributed by atoms with van der Waals surface area (Å²) in [6, 6.07) is -0.207. The number of aryl methyl sites for hydroxylation is 1. The zero-order valence-corrected chi connectivity index (χ0v) is 13.8. The minimum absolute atomic E-state index is 0. The molecule has 1 saturated heterocycles. The molecule has 1 aromatic heterocycles. The van der Waals surface area contributed by atoms with Crippen LogP contribution in [0.5, 0.6) is 0 Å². The molecule has 1 aromatic rings. The fraction of sp³-hybridized carbons (Fsp3) is 0.667. The fourth-order valence-electron chi connectivity index (χ4n) is 1.78. The fourth-order valence-corrected chi connectivity index (χ4v) is 2.64. The maximum atomic E-state index is 11.8. The third-order valence-electron chi connectivity index (χ3n) is 2.83. The van der Waals surface area contributed by atoms with Gasteiger partial charge in [0.25, 0.3) is 0 Å². The van der Waals surface area contributed by atoms with Gasteiger partial charge in [0.15, 0.2) is 0 Å². The van der Waals surface area contributed by atoms with E-state index < -0.39 is 0 Å². The van der Waals surface area contributed by atoms with Crippen LogP contribution in [-0.4, -0.2) is 43.2 Å². The summed E-state index contributed by atoms with van der Waals surface area (Å²) in [4.78, 5) is 17.4. The quantitative estimate of drug-likeness (QED) is 0.844. The largest absolute Gasteiger partial charge is 0.378 e. The van der Waals surface area contributed by atoms with Gasteiger partial charge < -0.3 is 15.4 Å².